The van der Waals surface area contributed by atoms with Gasteiger partial charge < -0.3 is 14.4 Å². The van der Waals surface area contributed by atoms with E-state index in [4.69, 9.17) is 9.47 Å². The second-order valence-corrected chi connectivity index (χ2v) is 8.62. The van der Waals surface area contributed by atoms with Crippen molar-refractivity contribution >= 4 is 29.0 Å². The number of aromatic nitrogens is 4. The van der Waals surface area contributed by atoms with Crippen LogP contribution >= 0.6 is 0 Å². The van der Waals surface area contributed by atoms with Gasteiger partial charge in [-0.05, 0) is 48.0 Å². The van der Waals surface area contributed by atoms with E-state index in [9.17, 15) is 10.1 Å². The topological polar surface area (TPSA) is 109 Å². The maximum absolute atomic E-state index is 13.0. The van der Waals surface area contributed by atoms with Crippen LogP contribution in [0.4, 0.5) is 0 Å². The van der Waals surface area contributed by atoms with E-state index in [0.717, 1.165) is 27.7 Å². The molecule has 1 amide bonds. The molecule has 1 fully saturated rings. The number of nitrogens with zero attached hydrogens (tertiary/aromatic N) is 5. The zero-order chi connectivity index (χ0) is 23.9. The monoisotopic (exact) mass is 466 g/mol. The number of carbonyl (C=O) groups excluding carboxylic acids is 1. The molecule has 0 saturated carbocycles. The Morgan fingerprint density at radius 3 is 2.97 bits per heavy atom. The summed E-state index contributed by atoms with van der Waals surface area (Å²) < 4.78 is 14.0. The quantitative estimate of drug-likeness (QED) is 0.426. The van der Waals surface area contributed by atoms with Crippen LogP contribution in [0.2, 0.25) is 0 Å². The first-order valence-corrected chi connectivity index (χ1v) is 11.4. The van der Waals surface area contributed by atoms with Crippen LogP contribution in [0.3, 0.4) is 0 Å². The van der Waals surface area contributed by atoms with Gasteiger partial charge in [0.1, 0.15) is 12.4 Å². The first kappa shape index (κ1) is 21.0. The van der Waals surface area contributed by atoms with Crippen LogP contribution in [0, 0.1) is 11.3 Å². The Bertz CT molecular complexity index is 1530. The number of fused-ring (bicyclic) bond motifs is 6. The predicted molar refractivity (Wildman–Crippen MR) is 129 cm³/mol. The zero-order valence-electron chi connectivity index (χ0n) is 19.1. The summed E-state index contributed by atoms with van der Waals surface area (Å²) in [5, 5.41) is 22.3. The van der Waals surface area contributed by atoms with Crippen LogP contribution in [0.1, 0.15) is 23.2 Å². The number of rotatable bonds is 0. The standard InChI is InChI=1S/C26H22N6O3/c1-31-26-20(15-28-31)17-3-5-21-19(13-17)22(30-29-21)6-4-18-12-16(14-27)2-7-23(18)35-24-8-9-32(25(24)33)10-11-34-26/h2-7,12-13,15,24H,8-11H2,1H3,(H,29,30)/b6-4+/t24-/m1/s1. The second-order valence-electron chi connectivity index (χ2n) is 8.62. The van der Waals surface area contributed by atoms with Gasteiger partial charge in [-0.15, -0.1) is 0 Å². The van der Waals surface area contributed by atoms with Crippen LogP contribution in [0.5, 0.6) is 11.6 Å². The lowest BCUT2D eigenvalue weighted by molar-refractivity contribution is -0.133. The molecule has 0 radical (unpaired) electrons. The van der Waals surface area contributed by atoms with E-state index >= 15 is 0 Å². The van der Waals surface area contributed by atoms with E-state index in [1.165, 1.54) is 0 Å². The zero-order valence-corrected chi connectivity index (χ0v) is 19.1. The van der Waals surface area contributed by atoms with Gasteiger partial charge in [0.2, 0.25) is 5.88 Å². The van der Waals surface area contributed by atoms with Crippen molar-refractivity contribution in [3.05, 3.63) is 59.4 Å². The number of amides is 1. The highest BCUT2D eigenvalue weighted by Crippen LogP contribution is 2.33. The van der Waals surface area contributed by atoms with E-state index < -0.39 is 6.10 Å². The number of carbonyl (C=O) groups is 1. The third-order valence-corrected chi connectivity index (χ3v) is 6.46. The molecule has 6 rings (SSSR count). The average molecular weight is 467 g/mol. The van der Waals surface area contributed by atoms with Crippen molar-refractivity contribution in [3.8, 4) is 28.8 Å². The van der Waals surface area contributed by atoms with Gasteiger partial charge in [0.15, 0.2) is 6.10 Å². The highest BCUT2D eigenvalue weighted by molar-refractivity contribution is 5.93. The Balaban J connectivity index is 1.49. The molecule has 2 aliphatic heterocycles. The fraction of sp³-hybridized carbons (Fsp3) is 0.231. The molecule has 35 heavy (non-hydrogen) atoms. The summed E-state index contributed by atoms with van der Waals surface area (Å²) in [6.07, 6.45) is 5.54. The van der Waals surface area contributed by atoms with Crippen molar-refractivity contribution in [2.24, 2.45) is 7.05 Å². The van der Waals surface area contributed by atoms with Crippen LogP contribution in [-0.2, 0) is 11.8 Å². The molecule has 1 atom stereocenters. The lowest BCUT2D eigenvalue weighted by Crippen LogP contribution is -2.35. The number of benzene rings is 2. The summed E-state index contributed by atoms with van der Waals surface area (Å²) >= 11 is 0. The smallest absolute Gasteiger partial charge is 0.263 e. The van der Waals surface area contributed by atoms with Gasteiger partial charge in [0.05, 0.1) is 41.1 Å². The van der Waals surface area contributed by atoms with Gasteiger partial charge in [-0.25, -0.2) is 4.68 Å². The Morgan fingerprint density at radius 1 is 1.17 bits per heavy atom. The van der Waals surface area contributed by atoms with Gasteiger partial charge in [-0.1, -0.05) is 6.07 Å². The third-order valence-electron chi connectivity index (χ3n) is 6.46. The lowest BCUT2D eigenvalue weighted by atomic mass is 10.0. The number of nitrogens with one attached hydrogen (secondary N) is 1. The molecule has 2 aliphatic rings. The largest absolute Gasteiger partial charge is 0.480 e. The van der Waals surface area contributed by atoms with Crippen molar-refractivity contribution < 1.29 is 14.3 Å². The van der Waals surface area contributed by atoms with E-state index in [1.54, 1.807) is 34.0 Å². The number of hydrogen-bond donors (Lipinski definition) is 1. The Hall–Kier alpha value is -4.58. The average Bonchev–Trinajstić information content (AvgIpc) is 3.55. The molecule has 0 unspecified atom stereocenters. The molecule has 9 heteroatoms. The molecule has 2 aromatic heterocycles. The minimum atomic E-state index is -0.579. The second kappa shape index (κ2) is 8.33. The molecule has 174 valence electrons. The molecule has 9 nitrogen and oxygen atoms in total. The third kappa shape index (κ3) is 3.69. The van der Waals surface area contributed by atoms with E-state index in [2.05, 4.69) is 27.4 Å². The maximum atomic E-state index is 13.0. The maximum Gasteiger partial charge on any atom is 0.263 e. The predicted octanol–water partition coefficient (Wildman–Crippen LogP) is 3.38. The van der Waals surface area contributed by atoms with Gasteiger partial charge in [-0.2, -0.15) is 15.5 Å². The van der Waals surface area contributed by atoms with E-state index in [1.807, 2.05) is 31.3 Å². The Morgan fingerprint density at radius 2 is 2.09 bits per heavy atom. The highest BCUT2D eigenvalue weighted by atomic mass is 16.5. The van der Waals surface area contributed by atoms with Crippen molar-refractivity contribution in [2.75, 3.05) is 19.7 Å². The fourth-order valence-corrected chi connectivity index (χ4v) is 4.60. The molecule has 2 aromatic carbocycles. The lowest BCUT2D eigenvalue weighted by Gasteiger charge is -2.18. The Labute approximate surface area is 201 Å². The van der Waals surface area contributed by atoms with Crippen LogP contribution < -0.4 is 9.47 Å². The van der Waals surface area contributed by atoms with Crippen molar-refractivity contribution in [3.63, 3.8) is 0 Å². The minimum absolute atomic E-state index is 0.0666. The van der Waals surface area contributed by atoms with Gasteiger partial charge in [-0.3, -0.25) is 9.89 Å². The fourth-order valence-electron chi connectivity index (χ4n) is 4.60. The molecule has 0 spiro atoms. The van der Waals surface area contributed by atoms with Crippen molar-refractivity contribution in [1.82, 2.24) is 24.9 Å². The normalized spacial score (nSPS) is 18.3. The van der Waals surface area contributed by atoms with Gasteiger partial charge in [0, 0.05) is 31.0 Å². The molecule has 0 aliphatic carbocycles. The van der Waals surface area contributed by atoms with E-state index in [0.29, 0.717) is 48.9 Å². The highest BCUT2D eigenvalue weighted by Gasteiger charge is 2.33. The minimum Gasteiger partial charge on any atom is -0.480 e. The van der Waals surface area contributed by atoms with Crippen LogP contribution in [0.15, 0.2) is 42.6 Å². The van der Waals surface area contributed by atoms with Crippen molar-refractivity contribution in [1.29, 1.82) is 5.26 Å². The summed E-state index contributed by atoms with van der Waals surface area (Å²) in [5.41, 5.74) is 4.69. The molecule has 4 aromatic rings. The van der Waals surface area contributed by atoms with Gasteiger partial charge in [0.25, 0.3) is 5.91 Å². The molecule has 1 N–H and O–H groups in total. The number of aryl methyl sites for hydroxylation is 1. The van der Waals surface area contributed by atoms with Gasteiger partial charge >= 0.3 is 0 Å². The molecular formula is C26H22N6O3. The molecule has 4 heterocycles. The summed E-state index contributed by atoms with van der Waals surface area (Å²) in [7, 11) is 1.84. The summed E-state index contributed by atoms with van der Waals surface area (Å²) in [6.45, 7) is 1.39. The van der Waals surface area contributed by atoms with Crippen molar-refractivity contribution in [2.45, 2.75) is 12.5 Å². The van der Waals surface area contributed by atoms with Crippen LogP contribution in [-0.4, -0.2) is 56.6 Å². The number of ether oxygens (including phenoxy) is 2. The molecular weight excluding hydrogens is 444 g/mol. The summed E-state index contributed by atoms with van der Waals surface area (Å²) in [4.78, 5) is 14.8. The number of nitriles is 1. The Kier molecular flexibility index (Phi) is 4.99. The first-order chi connectivity index (χ1) is 17.1. The summed E-state index contributed by atoms with van der Waals surface area (Å²) in [6, 6.07) is 13.4. The van der Waals surface area contributed by atoms with Crippen LogP contribution in [0.25, 0.3) is 34.2 Å². The summed E-state index contributed by atoms with van der Waals surface area (Å²) in [5.74, 6) is 1.13. The number of H-pyrrole nitrogens is 1. The van der Waals surface area contributed by atoms with E-state index in [-0.39, 0.29) is 5.91 Å². The number of hydrogen-bond acceptors (Lipinski definition) is 6. The first-order valence-electron chi connectivity index (χ1n) is 11.4. The molecule has 1 saturated heterocycles. The number of aromatic amines is 1. The SMILES string of the molecule is Cn1ncc2c1OCCN1CC[C@@H](Oc3ccc(C#N)cc3/C=C/c3n[nH]c4ccc-2cc34)C1=O. The molecule has 4 bridgehead atoms.